The quantitative estimate of drug-likeness (QED) is 0.707. The van der Waals surface area contributed by atoms with E-state index in [9.17, 15) is 0 Å². The van der Waals surface area contributed by atoms with Gasteiger partial charge in [-0.2, -0.15) is 0 Å². The number of rotatable bonds is 6. The van der Waals surface area contributed by atoms with Crippen molar-refractivity contribution in [2.24, 2.45) is 11.8 Å². The van der Waals surface area contributed by atoms with Gasteiger partial charge in [0.15, 0.2) is 0 Å². The third-order valence-electron chi connectivity index (χ3n) is 3.60. The van der Waals surface area contributed by atoms with E-state index in [1.54, 1.807) is 0 Å². The molecule has 3 atom stereocenters. The van der Waals surface area contributed by atoms with Crippen molar-refractivity contribution in [3.63, 3.8) is 0 Å². The zero-order valence-electron chi connectivity index (χ0n) is 11.0. The van der Waals surface area contributed by atoms with E-state index < -0.39 is 0 Å². The van der Waals surface area contributed by atoms with Crippen molar-refractivity contribution in [3.05, 3.63) is 0 Å². The van der Waals surface area contributed by atoms with Crippen LogP contribution in [0.1, 0.15) is 34.6 Å². The van der Waals surface area contributed by atoms with Crippen LogP contribution in [0.25, 0.3) is 0 Å². The molecule has 0 aliphatic carbocycles. The van der Waals surface area contributed by atoms with E-state index in [-0.39, 0.29) is 0 Å². The maximum atomic E-state index is 3.24. The van der Waals surface area contributed by atoms with Crippen molar-refractivity contribution in [1.29, 1.82) is 0 Å². The average Bonchev–Trinajstić information content (AvgIpc) is 2.14. The summed E-state index contributed by atoms with van der Waals surface area (Å²) in [5, 5.41) is 3.24. The Bertz CT molecular complexity index is 145. The van der Waals surface area contributed by atoms with E-state index in [4.69, 9.17) is 0 Å². The molecule has 0 saturated carbocycles. The molecule has 0 aromatic carbocycles. The Morgan fingerprint density at radius 1 is 1.00 bits per heavy atom. The standard InChI is InChI=1S/C12H28N2/c1-9(2)11(4)14(7)12(5)10(3)8-13-6/h9-13H,8H2,1-7H3. The fourth-order valence-corrected chi connectivity index (χ4v) is 1.74. The lowest BCUT2D eigenvalue weighted by molar-refractivity contribution is 0.122. The Hall–Kier alpha value is -0.0800. The molecule has 0 bridgehead atoms. The van der Waals surface area contributed by atoms with Crippen LogP contribution in [0.4, 0.5) is 0 Å². The van der Waals surface area contributed by atoms with Gasteiger partial charge >= 0.3 is 0 Å². The van der Waals surface area contributed by atoms with E-state index in [0.717, 1.165) is 12.5 Å². The molecule has 0 aromatic heterocycles. The minimum absolute atomic E-state index is 0.639. The zero-order chi connectivity index (χ0) is 11.3. The van der Waals surface area contributed by atoms with Gasteiger partial charge in [0.2, 0.25) is 0 Å². The van der Waals surface area contributed by atoms with Crippen LogP contribution in [-0.4, -0.2) is 37.6 Å². The summed E-state index contributed by atoms with van der Waals surface area (Å²) in [4.78, 5) is 2.49. The highest BCUT2D eigenvalue weighted by atomic mass is 15.2. The lowest BCUT2D eigenvalue weighted by Crippen LogP contribution is -2.44. The summed E-state index contributed by atoms with van der Waals surface area (Å²) in [6.07, 6.45) is 0. The molecule has 0 aliphatic rings. The van der Waals surface area contributed by atoms with E-state index in [2.05, 4.69) is 51.9 Å². The molecule has 0 radical (unpaired) electrons. The molecule has 2 heteroatoms. The topological polar surface area (TPSA) is 15.3 Å². The van der Waals surface area contributed by atoms with Crippen LogP contribution in [0.2, 0.25) is 0 Å². The van der Waals surface area contributed by atoms with Crippen LogP contribution in [0, 0.1) is 11.8 Å². The first-order valence-corrected chi connectivity index (χ1v) is 5.78. The zero-order valence-corrected chi connectivity index (χ0v) is 11.0. The predicted molar refractivity (Wildman–Crippen MR) is 64.6 cm³/mol. The van der Waals surface area contributed by atoms with Gasteiger partial charge in [0.25, 0.3) is 0 Å². The first-order valence-electron chi connectivity index (χ1n) is 5.78. The highest BCUT2D eigenvalue weighted by molar-refractivity contribution is 4.77. The molecule has 0 fully saturated rings. The minimum Gasteiger partial charge on any atom is -0.319 e. The van der Waals surface area contributed by atoms with E-state index in [1.807, 2.05) is 7.05 Å². The van der Waals surface area contributed by atoms with E-state index in [0.29, 0.717) is 18.0 Å². The van der Waals surface area contributed by atoms with Crippen LogP contribution in [0.3, 0.4) is 0 Å². The third-order valence-corrected chi connectivity index (χ3v) is 3.60. The largest absolute Gasteiger partial charge is 0.319 e. The van der Waals surface area contributed by atoms with Gasteiger partial charge in [-0.15, -0.1) is 0 Å². The molecular formula is C12H28N2. The van der Waals surface area contributed by atoms with Crippen molar-refractivity contribution in [3.8, 4) is 0 Å². The van der Waals surface area contributed by atoms with Crippen LogP contribution in [0.15, 0.2) is 0 Å². The van der Waals surface area contributed by atoms with Gasteiger partial charge in [-0.05, 0) is 46.3 Å². The fourth-order valence-electron chi connectivity index (χ4n) is 1.74. The molecule has 3 unspecified atom stereocenters. The minimum atomic E-state index is 0.639. The molecule has 0 spiro atoms. The summed E-state index contributed by atoms with van der Waals surface area (Å²) in [5.41, 5.74) is 0. The first kappa shape index (κ1) is 13.9. The molecule has 0 heterocycles. The van der Waals surface area contributed by atoms with E-state index >= 15 is 0 Å². The van der Waals surface area contributed by atoms with Crippen molar-refractivity contribution >= 4 is 0 Å². The summed E-state index contributed by atoms with van der Waals surface area (Å²) < 4.78 is 0. The smallest absolute Gasteiger partial charge is 0.0104 e. The van der Waals surface area contributed by atoms with Crippen molar-refractivity contribution in [2.75, 3.05) is 20.6 Å². The Kier molecular flexibility index (Phi) is 6.38. The molecule has 0 rings (SSSR count). The van der Waals surface area contributed by atoms with Gasteiger partial charge in [0, 0.05) is 12.1 Å². The summed E-state index contributed by atoms with van der Waals surface area (Å²) in [6.45, 7) is 12.6. The highest BCUT2D eigenvalue weighted by Crippen LogP contribution is 2.16. The SMILES string of the molecule is CNCC(C)C(C)N(C)C(C)C(C)C. The van der Waals surface area contributed by atoms with Gasteiger partial charge < -0.3 is 10.2 Å². The van der Waals surface area contributed by atoms with Crippen LogP contribution in [0.5, 0.6) is 0 Å². The van der Waals surface area contributed by atoms with Gasteiger partial charge in [0.1, 0.15) is 0 Å². The number of nitrogens with zero attached hydrogens (tertiary/aromatic N) is 1. The molecule has 1 N–H and O–H groups in total. The molecular weight excluding hydrogens is 172 g/mol. The fraction of sp³-hybridized carbons (Fsp3) is 1.00. The molecule has 0 amide bonds. The van der Waals surface area contributed by atoms with Gasteiger partial charge in [0.05, 0.1) is 0 Å². The maximum absolute atomic E-state index is 3.24. The number of hydrogen-bond acceptors (Lipinski definition) is 2. The highest BCUT2D eigenvalue weighted by Gasteiger charge is 2.22. The molecule has 86 valence electrons. The predicted octanol–water partition coefficient (Wildman–Crippen LogP) is 2.21. The monoisotopic (exact) mass is 200 g/mol. The van der Waals surface area contributed by atoms with Crippen molar-refractivity contribution in [1.82, 2.24) is 10.2 Å². The van der Waals surface area contributed by atoms with Gasteiger partial charge in [-0.1, -0.05) is 20.8 Å². The average molecular weight is 200 g/mol. The summed E-state index contributed by atoms with van der Waals surface area (Å²) in [6, 6.07) is 1.30. The van der Waals surface area contributed by atoms with E-state index in [1.165, 1.54) is 0 Å². The van der Waals surface area contributed by atoms with Gasteiger partial charge in [-0.25, -0.2) is 0 Å². The summed E-state index contributed by atoms with van der Waals surface area (Å²) >= 11 is 0. The van der Waals surface area contributed by atoms with Crippen molar-refractivity contribution in [2.45, 2.75) is 46.7 Å². The third kappa shape index (κ3) is 3.97. The Morgan fingerprint density at radius 2 is 1.50 bits per heavy atom. The van der Waals surface area contributed by atoms with Crippen LogP contribution < -0.4 is 5.32 Å². The lowest BCUT2D eigenvalue weighted by Gasteiger charge is -2.36. The number of nitrogens with one attached hydrogen (secondary N) is 1. The maximum Gasteiger partial charge on any atom is 0.0104 e. The second-order valence-electron chi connectivity index (χ2n) is 4.93. The number of hydrogen-bond donors (Lipinski definition) is 1. The second-order valence-corrected chi connectivity index (χ2v) is 4.93. The first-order chi connectivity index (χ1) is 6.41. The lowest BCUT2D eigenvalue weighted by atomic mass is 9.97. The van der Waals surface area contributed by atoms with Crippen molar-refractivity contribution < 1.29 is 0 Å². The summed E-state index contributed by atoms with van der Waals surface area (Å²) in [5.74, 6) is 1.43. The molecule has 2 nitrogen and oxygen atoms in total. The molecule has 0 aromatic rings. The molecule has 14 heavy (non-hydrogen) atoms. The van der Waals surface area contributed by atoms with Gasteiger partial charge in [-0.3, -0.25) is 0 Å². The summed E-state index contributed by atoms with van der Waals surface area (Å²) in [7, 11) is 4.26. The normalized spacial score (nSPS) is 18.6. The second kappa shape index (κ2) is 6.41. The van der Waals surface area contributed by atoms with Crippen LogP contribution in [-0.2, 0) is 0 Å². The molecule has 0 aliphatic heterocycles. The Morgan fingerprint density at radius 3 is 1.86 bits per heavy atom. The molecule has 0 saturated heterocycles. The van der Waals surface area contributed by atoms with Crippen LogP contribution >= 0.6 is 0 Å². The Balaban J connectivity index is 4.15. The Labute approximate surface area is 90.1 Å².